The smallest absolute Gasteiger partial charge is 0.0628 e. The molecule has 0 aromatic heterocycles. The van der Waals surface area contributed by atoms with Gasteiger partial charge in [0.25, 0.3) is 0 Å². The molecule has 1 fully saturated rings. The lowest BCUT2D eigenvalue weighted by Gasteiger charge is -2.26. The summed E-state index contributed by atoms with van der Waals surface area (Å²) in [6.07, 6.45) is 8.15. The van der Waals surface area contributed by atoms with E-state index in [0.29, 0.717) is 6.04 Å². The number of nitrogens with zero attached hydrogens (tertiary/aromatic N) is 1. The van der Waals surface area contributed by atoms with Crippen molar-refractivity contribution in [3.05, 3.63) is 0 Å². The van der Waals surface area contributed by atoms with Gasteiger partial charge in [-0.05, 0) is 51.2 Å². The number of nitrogens with one attached hydrogen (secondary N) is 1. The molecule has 0 aromatic carbocycles. The Balaban J connectivity index is 2.32. The van der Waals surface area contributed by atoms with Crippen molar-refractivity contribution in [3.8, 4) is 0 Å². The van der Waals surface area contributed by atoms with Gasteiger partial charge >= 0.3 is 0 Å². The molecule has 0 aliphatic carbocycles. The van der Waals surface area contributed by atoms with E-state index in [0.717, 1.165) is 25.6 Å². The molecule has 3 heteroatoms. The van der Waals surface area contributed by atoms with Gasteiger partial charge in [-0.3, -0.25) is 0 Å². The van der Waals surface area contributed by atoms with Gasteiger partial charge in [0.1, 0.15) is 0 Å². The molecule has 0 radical (unpaired) electrons. The SMILES string of the molecule is CCCNC(COC)CN1CCCC(CCC)CC1. The fourth-order valence-electron chi connectivity index (χ4n) is 3.14. The normalized spacial score (nSPS) is 23.2. The quantitative estimate of drug-likeness (QED) is 0.697. The van der Waals surface area contributed by atoms with E-state index in [9.17, 15) is 0 Å². The monoisotopic (exact) mass is 270 g/mol. The van der Waals surface area contributed by atoms with E-state index in [1.807, 2.05) is 0 Å². The fourth-order valence-corrected chi connectivity index (χ4v) is 3.14. The highest BCUT2D eigenvalue weighted by Crippen LogP contribution is 2.21. The maximum Gasteiger partial charge on any atom is 0.0628 e. The van der Waals surface area contributed by atoms with Crippen LogP contribution in [-0.2, 0) is 4.74 Å². The van der Waals surface area contributed by atoms with Gasteiger partial charge in [0.15, 0.2) is 0 Å². The van der Waals surface area contributed by atoms with Crippen LogP contribution >= 0.6 is 0 Å². The first-order valence-electron chi connectivity index (χ1n) is 8.24. The molecule has 0 bridgehead atoms. The van der Waals surface area contributed by atoms with E-state index in [2.05, 4.69) is 24.1 Å². The third-order valence-electron chi connectivity index (χ3n) is 4.17. The molecule has 0 saturated carbocycles. The molecule has 0 spiro atoms. The highest BCUT2D eigenvalue weighted by molar-refractivity contribution is 4.76. The zero-order valence-electron chi connectivity index (χ0n) is 13.3. The summed E-state index contributed by atoms with van der Waals surface area (Å²) in [5.41, 5.74) is 0. The largest absolute Gasteiger partial charge is 0.383 e. The molecule has 1 aliphatic rings. The van der Waals surface area contributed by atoms with Crippen LogP contribution < -0.4 is 5.32 Å². The van der Waals surface area contributed by atoms with Crippen molar-refractivity contribution in [1.29, 1.82) is 0 Å². The third-order valence-corrected chi connectivity index (χ3v) is 4.17. The minimum atomic E-state index is 0.493. The zero-order valence-corrected chi connectivity index (χ0v) is 13.3. The number of ether oxygens (including phenoxy) is 1. The predicted octanol–water partition coefficient (Wildman–Crippen LogP) is 2.90. The molecule has 0 amide bonds. The zero-order chi connectivity index (χ0) is 13.9. The van der Waals surface area contributed by atoms with Crippen LogP contribution in [0.15, 0.2) is 0 Å². The van der Waals surface area contributed by atoms with E-state index in [-0.39, 0.29) is 0 Å². The van der Waals surface area contributed by atoms with Crippen LogP contribution in [0, 0.1) is 5.92 Å². The Morgan fingerprint density at radius 2 is 2.05 bits per heavy atom. The van der Waals surface area contributed by atoms with Crippen LogP contribution in [0.5, 0.6) is 0 Å². The van der Waals surface area contributed by atoms with Crippen molar-refractivity contribution in [2.45, 2.75) is 58.4 Å². The van der Waals surface area contributed by atoms with Crippen LogP contribution in [0.1, 0.15) is 52.4 Å². The molecule has 114 valence electrons. The lowest BCUT2D eigenvalue weighted by Crippen LogP contribution is -2.44. The molecule has 1 rings (SSSR count). The first-order chi connectivity index (χ1) is 9.30. The lowest BCUT2D eigenvalue weighted by atomic mass is 9.96. The van der Waals surface area contributed by atoms with Crippen molar-refractivity contribution in [2.75, 3.05) is 39.9 Å². The summed E-state index contributed by atoms with van der Waals surface area (Å²) in [5, 5.41) is 3.61. The van der Waals surface area contributed by atoms with Crippen LogP contribution in [0.3, 0.4) is 0 Å². The van der Waals surface area contributed by atoms with E-state index in [1.54, 1.807) is 7.11 Å². The van der Waals surface area contributed by atoms with Crippen LogP contribution in [-0.4, -0.2) is 50.8 Å². The maximum atomic E-state index is 5.34. The topological polar surface area (TPSA) is 24.5 Å². The fraction of sp³-hybridized carbons (Fsp3) is 1.00. The Kier molecular flexibility index (Phi) is 9.48. The summed E-state index contributed by atoms with van der Waals surface area (Å²) in [6, 6.07) is 0.493. The summed E-state index contributed by atoms with van der Waals surface area (Å²) >= 11 is 0. The molecule has 2 unspecified atom stereocenters. The van der Waals surface area contributed by atoms with Crippen LogP contribution in [0.2, 0.25) is 0 Å². The average Bonchev–Trinajstić information content (AvgIpc) is 2.62. The highest BCUT2D eigenvalue weighted by atomic mass is 16.5. The lowest BCUT2D eigenvalue weighted by molar-refractivity contribution is 0.138. The van der Waals surface area contributed by atoms with Gasteiger partial charge in [-0.25, -0.2) is 0 Å². The molecular weight excluding hydrogens is 236 g/mol. The van der Waals surface area contributed by atoms with Crippen molar-refractivity contribution in [1.82, 2.24) is 10.2 Å². The summed E-state index contributed by atoms with van der Waals surface area (Å²) in [6.45, 7) is 10.2. The van der Waals surface area contributed by atoms with Crippen LogP contribution in [0.4, 0.5) is 0 Å². The number of likely N-dealkylation sites (tertiary alicyclic amines) is 1. The molecule has 0 aromatic rings. The summed E-state index contributed by atoms with van der Waals surface area (Å²) in [5.74, 6) is 0.972. The maximum absolute atomic E-state index is 5.34. The van der Waals surface area contributed by atoms with E-state index in [1.165, 1.54) is 51.6 Å². The van der Waals surface area contributed by atoms with Crippen molar-refractivity contribution >= 4 is 0 Å². The van der Waals surface area contributed by atoms with Crippen LogP contribution in [0.25, 0.3) is 0 Å². The van der Waals surface area contributed by atoms with E-state index >= 15 is 0 Å². The summed E-state index contributed by atoms with van der Waals surface area (Å²) < 4.78 is 5.34. The highest BCUT2D eigenvalue weighted by Gasteiger charge is 2.19. The van der Waals surface area contributed by atoms with Gasteiger partial charge in [0.2, 0.25) is 0 Å². The van der Waals surface area contributed by atoms with E-state index < -0.39 is 0 Å². The molecule has 1 heterocycles. The standard InChI is InChI=1S/C16H34N2O/c1-4-7-15-8-6-11-18(12-9-15)13-16(14-19-3)17-10-5-2/h15-17H,4-14H2,1-3H3. The van der Waals surface area contributed by atoms with Gasteiger partial charge in [0.05, 0.1) is 6.61 Å². The Morgan fingerprint density at radius 3 is 2.74 bits per heavy atom. The molecule has 1 aliphatic heterocycles. The molecule has 19 heavy (non-hydrogen) atoms. The molecule has 2 atom stereocenters. The molecule has 3 nitrogen and oxygen atoms in total. The second-order valence-corrected chi connectivity index (χ2v) is 5.99. The van der Waals surface area contributed by atoms with Crippen molar-refractivity contribution in [2.24, 2.45) is 5.92 Å². The number of rotatable bonds is 9. The van der Waals surface area contributed by atoms with Gasteiger partial charge in [-0.2, -0.15) is 0 Å². The van der Waals surface area contributed by atoms with Gasteiger partial charge in [-0.15, -0.1) is 0 Å². The Hall–Kier alpha value is -0.120. The van der Waals surface area contributed by atoms with Crippen molar-refractivity contribution < 1.29 is 4.74 Å². The summed E-state index contributed by atoms with van der Waals surface area (Å²) in [4.78, 5) is 2.64. The molecule has 1 saturated heterocycles. The Morgan fingerprint density at radius 1 is 1.21 bits per heavy atom. The Labute approximate surface area is 120 Å². The summed E-state index contributed by atoms with van der Waals surface area (Å²) in [7, 11) is 1.81. The van der Waals surface area contributed by atoms with Gasteiger partial charge < -0.3 is 15.0 Å². The first-order valence-corrected chi connectivity index (χ1v) is 8.24. The third kappa shape index (κ3) is 7.28. The molecular formula is C16H34N2O. The predicted molar refractivity (Wildman–Crippen MR) is 82.6 cm³/mol. The van der Waals surface area contributed by atoms with Gasteiger partial charge in [0, 0.05) is 19.7 Å². The minimum Gasteiger partial charge on any atom is -0.383 e. The minimum absolute atomic E-state index is 0.493. The number of hydrogen-bond acceptors (Lipinski definition) is 3. The van der Waals surface area contributed by atoms with Gasteiger partial charge in [-0.1, -0.05) is 26.7 Å². The average molecular weight is 270 g/mol. The number of methoxy groups -OCH3 is 1. The number of hydrogen-bond donors (Lipinski definition) is 1. The second kappa shape index (κ2) is 10.6. The first kappa shape index (κ1) is 16.9. The second-order valence-electron chi connectivity index (χ2n) is 5.99. The van der Waals surface area contributed by atoms with Crippen molar-refractivity contribution in [3.63, 3.8) is 0 Å². The Bertz CT molecular complexity index is 211. The molecule has 1 N–H and O–H groups in total. The van der Waals surface area contributed by atoms with E-state index in [4.69, 9.17) is 4.74 Å².